The van der Waals surface area contributed by atoms with Crippen molar-refractivity contribution in [3.8, 4) is 29.0 Å². The number of carbonyl (C=O) groups excluding carboxylic acids is 1. The normalized spacial score (nSPS) is 12.5. The fraction of sp³-hybridized carbons (Fsp3) is 0.231. The number of methoxy groups -OCH3 is 1. The molecule has 0 amide bonds. The van der Waals surface area contributed by atoms with Crippen LogP contribution in [-0.4, -0.2) is 39.7 Å². The van der Waals surface area contributed by atoms with Gasteiger partial charge >= 0.3 is 5.97 Å². The molecular weight excluding hydrogens is 434 g/mol. The topological polar surface area (TPSA) is 108 Å². The Labute approximate surface area is 196 Å². The van der Waals surface area contributed by atoms with Gasteiger partial charge < -0.3 is 19.0 Å². The van der Waals surface area contributed by atoms with Gasteiger partial charge in [0, 0.05) is 22.6 Å². The lowest BCUT2D eigenvalue weighted by molar-refractivity contribution is 0.0522. The van der Waals surface area contributed by atoms with Crippen LogP contribution in [-0.2, 0) is 10.3 Å². The summed E-state index contributed by atoms with van der Waals surface area (Å²) in [5.74, 6) is 6.86. The fourth-order valence-corrected chi connectivity index (χ4v) is 3.28. The van der Waals surface area contributed by atoms with Gasteiger partial charge in [0.25, 0.3) is 0 Å². The molecule has 0 aliphatic carbocycles. The van der Waals surface area contributed by atoms with Crippen LogP contribution in [0.1, 0.15) is 41.6 Å². The average Bonchev–Trinajstić information content (AvgIpc) is 3.29. The number of aromatic nitrogens is 3. The highest BCUT2D eigenvalue weighted by Gasteiger charge is 2.26. The van der Waals surface area contributed by atoms with Crippen molar-refractivity contribution in [3.63, 3.8) is 0 Å². The van der Waals surface area contributed by atoms with Gasteiger partial charge in [-0.1, -0.05) is 24.0 Å². The Hall–Kier alpha value is -4.22. The number of aliphatic hydroxyl groups is 1. The van der Waals surface area contributed by atoms with Crippen LogP contribution in [0.2, 0.25) is 0 Å². The number of aryl methyl sites for hydroxylation is 1. The van der Waals surface area contributed by atoms with Crippen molar-refractivity contribution in [3.05, 3.63) is 71.6 Å². The summed E-state index contributed by atoms with van der Waals surface area (Å²) >= 11 is 0. The molecule has 4 aromatic rings. The number of oxazole rings is 1. The third kappa shape index (κ3) is 4.75. The number of hydrogen-bond acceptors (Lipinski definition) is 8. The molecule has 2 aromatic heterocycles. The number of benzene rings is 2. The van der Waals surface area contributed by atoms with Crippen molar-refractivity contribution >= 4 is 16.9 Å². The van der Waals surface area contributed by atoms with Gasteiger partial charge in [0.1, 0.15) is 11.5 Å². The quantitative estimate of drug-likeness (QED) is 0.353. The predicted octanol–water partition coefficient (Wildman–Crippen LogP) is 4.04. The molecule has 8 nitrogen and oxygen atoms in total. The maximum absolute atomic E-state index is 12.6. The zero-order valence-corrected chi connectivity index (χ0v) is 19.2. The molecule has 172 valence electrons. The highest BCUT2D eigenvalue weighted by atomic mass is 16.5. The molecule has 0 fully saturated rings. The SMILES string of the molecule is CCOC(=O)c1nc(-c2cccc(C#CC(C)(O)c3ncc(C)o3)c2)nc2cc(OC)ccc12. The second-order valence-corrected chi connectivity index (χ2v) is 7.68. The van der Waals surface area contributed by atoms with Crippen LogP contribution in [0.25, 0.3) is 22.3 Å². The first-order chi connectivity index (χ1) is 16.3. The molecule has 2 heterocycles. The average molecular weight is 457 g/mol. The second kappa shape index (κ2) is 9.33. The van der Waals surface area contributed by atoms with Crippen LogP contribution in [0.4, 0.5) is 0 Å². The lowest BCUT2D eigenvalue weighted by Gasteiger charge is -2.11. The molecule has 2 aromatic carbocycles. The third-order valence-corrected chi connectivity index (χ3v) is 4.98. The molecule has 8 heteroatoms. The van der Waals surface area contributed by atoms with Crippen molar-refractivity contribution < 1.29 is 23.8 Å². The van der Waals surface area contributed by atoms with Crippen LogP contribution in [0.3, 0.4) is 0 Å². The summed E-state index contributed by atoms with van der Waals surface area (Å²) in [5.41, 5.74) is 0.424. The van der Waals surface area contributed by atoms with Crippen LogP contribution in [0.5, 0.6) is 5.75 Å². The lowest BCUT2D eigenvalue weighted by Crippen LogP contribution is -2.18. The largest absolute Gasteiger partial charge is 0.497 e. The molecule has 0 aliphatic rings. The molecule has 1 unspecified atom stereocenters. The van der Waals surface area contributed by atoms with Crippen LogP contribution in [0.15, 0.2) is 53.1 Å². The fourth-order valence-electron chi connectivity index (χ4n) is 3.28. The van der Waals surface area contributed by atoms with Crippen LogP contribution in [0, 0.1) is 18.8 Å². The third-order valence-electron chi connectivity index (χ3n) is 4.98. The molecule has 34 heavy (non-hydrogen) atoms. The van der Waals surface area contributed by atoms with Gasteiger partial charge in [-0.25, -0.2) is 19.7 Å². The highest BCUT2D eigenvalue weighted by molar-refractivity contribution is 6.02. The summed E-state index contributed by atoms with van der Waals surface area (Å²) < 4.78 is 15.9. The van der Waals surface area contributed by atoms with E-state index >= 15 is 0 Å². The minimum absolute atomic E-state index is 0.125. The van der Waals surface area contributed by atoms with Gasteiger partial charge in [-0.15, -0.1) is 0 Å². The van der Waals surface area contributed by atoms with Crippen LogP contribution >= 0.6 is 0 Å². The van der Waals surface area contributed by atoms with E-state index in [1.54, 1.807) is 57.4 Å². The number of hydrogen-bond donors (Lipinski definition) is 1. The Morgan fingerprint density at radius 2 is 2.03 bits per heavy atom. The number of esters is 1. The Bertz CT molecular complexity index is 1430. The van der Waals surface area contributed by atoms with E-state index in [1.807, 2.05) is 6.07 Å². The van der Waals surface area contributed by atoms with E-state index in [0.717, 1.165) is 0 Å². The Morgan fingerprint density at radius 3 is 2.74 bits per heavy atom. The number of carbonyl (C=O) groups is 1. The zero-order valence-electron chi connectivity index (χ0n) is 19.2. The Balaban J connectivity index is 1.77. The van der Waals surface area contributed by atoms with Gasteiger partial charge in [-0.05, 0) is 45.0 Å². The minimum atomic E-state index is -1.56. The summed E-state index contributed by atoms with van der Waals surface area (Å²) in [6.07, 6.45) is 1.53. The number of rotatable bonds is 5. The van der Waals surface area contributed by atoms with Gasteiger partial charge in [0.15, 0.2) is 17.1 Å². The molecule has 0 saturated carbocycles. The Morgan fingerprint density at radius 1 is 1.21 bits per heavy atom. The van der Waals surface area contributed by atoms with Gasteiger partial charge in [-0.2, -0.15) is 0 Å². The molecule has 0 aliphatic heterocycles. The first kappa shape index (κ1) is 23.0. The summed E-state index contributed by atoms with van der Waals surface area (Å²) in [7, 11) is 1.56. The van der Waals surface area contributed by atoms with E-state index in [1.165, 1.54) is 13.1 Å². The van der Waals surface area contributed by atoms with Crippen molar-refractivity contribution in [1.29, 1.82) is 0 Å². The standard InChI is InChI=1S/C26H23N3O5/c1-5-33-24(30)22-20-10-9-19(32-4)14-21(20)28-23(29-22)18-8-6-7-17(13-18)11-12-26(3,31)25-27-15-16(2)34-25/h6-10,13-15,31H,5H2,1-4H3. The molecular formula is C26H23N3O5. The number of ether oxygens (including phenoxy) is 2. The minimum Gasteiger partial charge on any atom is -0.497 e. The van der Waals surface area contributed by atoms with Gasteiger partial charge in [0.05, 0.1) is 25.4 Å². The molecule has 4 rings (SSSR count). The van der Waals surface area contributed by atoms with E-state index in [2.05, 4.69) is 26.8 Å². The molecule has 0 saturated heterocycles. The van der Waals surface area contributed by atoms with E-state index in [4.69, 9.17) is 13.9 Å². The predicted molar refractivity (Wildman–Crippen MR) is 125 cm³/mol. The van der Waals surface area contributed by atoms with E-state index in [-0.39, 0.29) is 18.2 Å². The molecule has 1 atom stereocenters. The molecule has 1 N–H and O–H groups in total. The molecule has 0 bridgehead atoms. The summed E-state index contributed by atoms with van der Waals surface area (Å²) in [6, 6.07) is 12.4. The number of nitrogens with zero attached hydrogens (tertiary/aromatic N) is 3. The first-order valence-corrected chi connectivity index (χ1v) is 10.6. The summed E-state index contributed by atoms with van der Waals surface area (Å²) in [4.78, 5) is 25.8. The maximum atomic E-state index is 12.6. The Kier molecular flexibility index (Phi) is 6.30. The smallest absolute Gasteiger partial charge is 0.357 e. The zero-order chi connectivity index (χ0) is 24.3. The van der Waals surface area contributed by atoms with Crippen molar-refractivity contribution in [2.45, 2.75) is 26.4 Å². The van der Waals surface area contributed by atoms with Crippen LogP contribution < -0.4 is 4.74 Å². The monoisotopic (exact) mass is 457 g/mol. The van der Waals surface area contributed by atoms with Crippen molar-refractivity contribution in [1.82, 2.24) is 15.0 Å². The first-order valence-electron chi connectivity index (χ1n) is 10.6. The van der Waals surface area contributed by atoms with Crippen molar-refractivity contribution in [2.75, 3.05) is 13.7 Å². The highest BCUT2D eigenvalue weighted by Crippen LogP contribution is 2.26. The molecule has 0 spiro atoms. The second-order valence-electron chi connectivity index (χ2n) is 7.68. The van der Waals surface area contributed by atoms with Gasteiger partial charge in [0.2, 0.25) is 5.89 Å². The summed E-state index contributed by atoms with van der Waals surface area (Å²) in [6.45, 7) is 5.22. The van der Waals surface area contributed by atoms with Crippen molar-refractivity contribution in [2.24, 2.45) is 0 Å². The van der Waals surface area contributed by atoms with E-state index in [9.17, 15) is 9.90 Å². The number of fused-ring (bicyclic) bond motifs is 1. The van der Waals surface area contributed by atoms with E-state index in [0.29, 0.717) is 39.4 Å². The summed E-state index contributed by atoms with van der Waals surface area (Å²) in [5, 5.41) is 11.2. The molecule has 0 radical (unpaired) electrons. The van der Waals surface area contributed by atoms with Gasteiger partial charge in [-0.3, -0.25) is 0 Å². The lowest BCUT2D eigenvalue weighted by atomic mass is 10.1. The maximum Gasteiger partial charge on any atom is 0.357 e. The van der Waals surface area contributed by atoms with E-state index < -0.39 is 11.6 Å².